The van der Waals surface area contributed by atoms with Crippen molar-refractivity contribution in [3.05, 3.63) is 0 Å². The molecule has 4 saturated carbocycles. The molecule has 0 radical (unpaired) electrons. The first-order valence-electron chi connectivity index (χ1n) is 29.5. The molecule has 80 heavy (non-hydrogen) atoms. The van der Waals surface area contributed by atoms with Gasteiger partial charge in [-0.15, -0.1) is 0 Å². The third-order valence-electron chi connectivity index (χ3n) is 21.7. The van der Waals surface area contributed by atoms with Gasteiger partial charge in [-0.1, -0.05) is 27.7 Å². The lowest BCUT2D eigenvalue weighted by Gasteiger charge is -2.61. The fraction of sp³-hybridized carbons (Fsp3) is 1.00. The first-order chi connectivity index (χ1) is 38.0. The fourth-order valence-electron chi connectivity index (χ4n) is 17.0. The molecular formula is C55H90O25. The number of hydrogen-bond acceptors (Lipinski definition) is 25. The van der Waals surface area contributed by atoms with Crippen LogP contribution in [0.15, 0.2) is 0 Å². The maximum Gasteiger partial charge on any atom is 0.187 e. The molecule has 0 amide bonds. The van der Waals surface area contributed by atoms with Crippen LogP contribution in [0.3, 0.4) is 0 Å². The van der Waals surface area contributed by atoms with E-state index < -0.39 is 180 Å². The smallest absolute Gasteiger partial charge is 0.187 e. The first-order valence-corrected chi connectivity index (χ1v) is 29.5. The predicted octanol–water partition coefficient (Wildman–Crippen LogP) is -2.78. The van der Waals surface area contributed by atoms with Crippen LogP contribution in [-0.2, 0) is 56.8 Å². The maximum absolute atomic E-state index is 12.6. The van der Waals surface area contributed by atoms with Crippen LogP contribution in [0.2, 0.25) is 0 Å². The largest absolute Gasteiger partial charge is 0.394 e. The predicted molar refractivity (Wildman–Crippen MR) is 267 cm³/mol. The molecule has 25 heteroatoms. The van der Waals surface area contributed by atoms with Crippen LogP contribution in [-0.4, -0.2) is 259 Å². The van der Waals surface area contributed by atoms with Crippen LogP contribution >= 0.6 is 0 Å². The topological polar surface area (TPSA) is 374 Å². The highest BCUT2D eigenvalue weighted by Crippen LogP contribution is 2.71. The third-order valence-corrected chi connectivity index (χ3v) is 21.7. The summed E-state index contributed by atoms with van der Waals surface area (Å²) in [6, 6.07) is 0. The second-order valence-corrected chi connectivity index (χ2v) is 26.2. The average Bonchev–Trinajstić information content (AvgIpc) is 4.13. The van der Waals surface area contributed by atoms with Crippen molar-refractivity contribution in [2.75, 3.05) is 33.0 Å². The zero-order valence-electron chi connectivity index (χ0n) is 46.3. The van der Waals surface area contributed by atoms with Gasteiger partial charge in [0.15, 0.2) is 37.2 Å². The molecule has 1 spiro atoms. The second kappa shape index (κ2) is 23.6. The van der Waals surface area contributed by atoms with Gasteiger partial charge in [-0.2, -0.15) is 0 Å². The maximum atomic E-state index is 12.6. The second-order valence-electron chi connectivity index (χ2n) is 26.2. The molecule has 7 heterocycles. The number of aliphatic hydroxyl groups excluding tert-OH is 13. The number of aliphatic hydroxyl groups is 13. The van der Waals surface area contributed by atoms with Gasteiger partial charge < -0.3 is 123 Å². The van der Waals surface area contributed by atoms with Crippen LogP contribution in [0.25, 0.3) is 0 Å². The van der Waals surface area contributed by atoms with Crippen LogP contribution in [0.1, 0.15) is 98.8 Å². The van der Waals surface area contributed by atoms with E-state index in [1.165, 1.54) is 6.92 Å². The van der Waals surface area contributed by atoms with Crippen LogP contribution < -0.4 is 0 Å². The first kappa shape index (κ1) is 60.7. The minimum Gasteiger partial charge on any atom is -0.394 e. The molecule has 0 bridgehead atoms. The molecule has 11 rings (SSSR count). The molecule has 7 aliphatic heterocycles. The highest BCUT2D eigenvalue weighted by molar-refractivity contribution is 5.16. The molecule has 35 atom stereocenters. The van der Waals surface area contributed by atoms with Crippen molar-refractivity contribution < 1.29 is 123 Å². The van der Waals surface area contributed by atoms with Gasteiger partial charge in [0.2, 0.25) is 0 Å². The van der Waals surface area contributed by atoms with Crippen molar-refractivity contribution in [2.24, 2.45) is 52.3 Å². The third kappa shape index (κ3) is 10.6. The SMILES string of the molecule is C[C@@H]1CC[C@]2(OC1)O[C@H]1C[C@H]3[C@@H]4CC[C@H]5C[C@@H](O[C@@H]6O[C@H](CO)[C@@H](O[C@@H]7O[C@H](CO)[C@@H](O)[C@H](O[C@@H]8OC[C@@H](O)[C@H](O)[C@H]8O)[C@H]7O[C@@H]7OC[C@@H](O)[C@H](O)[C@H]7O)[C@H](O)[C@H]6O[C@@H]6O[C@@H](C)[C@H](O)[C@@H](O)[C@H]6O)CC[C@@]5(C)[C@H]4CC[C@@]3(C)[C@H]1[C@@H]2C. The van der Waals surface area contributed by atoms with Gasteiger partial charge in [0.25, 0.3) is 0 Å². The van der Waals surface area contributed by atoms with Gasteiger partial charge >= 0.3 is 0 Å². The molecule has 0 aromatic carbocycles. The highest BCUT2D eigenvalue weighted by atomic mass is 16.8. The number of ether oxygens (including phenoxy) is 12. The monoisotopic (exact) mass is 1150 g/mol. The number of hydrogen-bond donors (Lipinski definition) is 13. The average molecular weight is 1150 g/mol. The molecule has 4 aliphatic carbocycles. The van der Waals surface area contributed by atoms with E-state index in [4.69, 9.17) is 56.8 Å². The van der Waals surface area contributed by atoms with E-state index in [1.807, 2.05) is 0 Å². The Morgan fingerprint density at radius 1 is 0.475 bits per heavy atom. The van der Waals surface area contributed by atoms with Gasteiger partial charge in [-0.05, 0) is 111 Å². The standard InChI is InChI=1S/C55H90O25/c1-21-8-13-55(71-18-21)22(2)34-31(80-55)15-28-26-7-6-24-14-25(9-11-53(24,4)27(26)10-12-54(28,34)5)73-51-46(78-50-42(67)39(64)35(60)23(3)72-50)43(68)44(33(17-57)75-51)76-52-47(79-49-41(66)37(62)30(59)20-70-49)45(38(63)32(16-56)74-52)77-48-40(65)36(61)29(58)19-69-48/h21-52,56-68H,6-20H2,1-5H3/t21-,22+,23+,24+,25+,26-,27+,28+,29-,30-,31+,32-,33-,34+,35+,36+,37+,38-,39-,40-,41-,42-,43+,44-,45+,46-,47-,48+,49+,50+,51-,52+,53-,54-,55+/m1/s1. The Bertz CT molecular complexity index is 2080. The molecular weight excluding hydrogens is 1060 g/mol. The van der Waals surface area contributed by atoms with Gasteiger partial charge in [0, 0.05) is 12.3 Å². The Kier molecular flexibility index (Phi) is 17.9. The van der Waals surface area contributed by atoms with E-state index in [2.05, 4.69) is 27.7 Å². The quantitative estimate of drug-likeness (QED) is 0.0879. The Morgan fingerprint density at radius 3 is 1.73 bits per heavy atom. The minimum atomic E-state index is -1.93. The fourth-order valence-corrected chi connectivity index (χ4v) is 17.0. The van der Waals surface area contributed by atoms with Crippen molar-refractivity contribution in [1.29, 1.82) is 0 Å². The van der Waals surface area contributed by atoms with Crippen molar-refractivity contribution in [2.45, 2.75) is 258 Å². The normalized spacial score (nSPS) is 58.1. The zero-order valence-corrected chi connectivity index (χ0v) is 46.3. The molecule has 0 unspecified atom stereocenters. The van der Waals surface area contributed by atoms with Crippen molar-refractivity contribution in [1.82, 2.24) is 0 Å². The van der Waals surface area contributed by atoms with Gasteiger partial charge in [-0.25, -0.2) is 0 Å². The number of rotatable bonds is 12. The summed E-state index contributed by atoms with van der Waals surface area (Å²) in [5.74, 6) is 2.69. The van der Waals surface area contributed by atoms with E-state index in [0.29, 0.717) is 48.3 Å². The summed E-state index contributed by atoms with van der Waals surface area (Å²) in [5.41, 5.74) is 0.170. The van der Waals surface area contributed by atoms with E-state index in [0.717, 1.165) is 58.0 Å². The summed E-state index contributed by atoms with van der Waals surface area (Å²) in [4.78, 5) is 0. The summed E-state index contributed by atoms with van der Waals surface area (Å²) in [7, 11) is 0. The highest BCUT2D eigenvalue weighted by Gasteiger charge is 2.69. The molecule has 0 aromatic rings. The van der Waals surface area contributed by atoms with Crippen molar-refractivity contribution in [3.8, 4) is 0 Å². The molecule has 11 aliphatic rings. The van der Waals surface area contributed by atoms with Crippen LogP contribution in [0, 0.1) is 52.3 Å². The van der Waals surface area contributed by atoms with Gasteiger partial charge in [0.1, 0.15) is 104 Å². The van der Waals surface area contributed by atoms with Crippen LogP contribution in [0.5, 0.6) is 0 Å². The molecule has 7 saturated heterocycles. The summed E-state index contributed by atoms with van der Waals surface area (Å²) in [5, 5.41) is 142. The molecule has 0 aromatic heterocycles. The summed E-state index contributed by atoms with van der Waals surface area (Å²) in [6.07, 6.45) is -29.8. The Labute approximate surface area is 465 Å². The van der Waals surface area contributed by atoms with E-state index in [1.54, 1.807) is 0 Å². The van der Waals surface area contributed by atoms with Crippen molar-refractivity contribution in [3.63, 3.8) is 0 Å². The summed E-state index contributed by atoms with van der Waals surface area (Å²) in [6.45, 7) is 8.99. The number of fused-ring (bicyclic) bond motifs is 7. The zero-order chi connectivity index (χ0) is 57.1. The lowest BCUT2D eigenvalue weighted by molar-refractivity contribution is -0.408. The Hall–Kier alpha value is -1.00. The Morgan fingerprint density at radius 2 is 1.07 bits per heavy atom. The molecule has 25 nitrogen and oxygen atoms in total. The molecule has 11 fully saturated rings. The van der Waals surface area contributed by atoms with E-state index >= 15 is 0 Å². The molecule has 13 N–H and O–H groups in total. The lowest BCUT2D eigenvalue weighted by atomic mass is 9.44. The molecule has 460 valence electrons. The van der Waals surface area contributed by atoms with Crippen LogP contribution in [0.4, 0.5) is 0 Å². The van der Waals surface area contributed by atoms with Gasteiger partial charge in [-0.3, -0.25) is 0 Å². The summed E-state index contributed by atoms with van der Waals surface area (Å²) >= 11 is 0. The minimum absolute atomic E-state index is 0.0136. The lowest BCUT2D eigenvalue weighted by Crippen LogP contribution is -2.68. The van der Waals surface area contributed by atoms with Gasteiger partial charge in [0.05, 0.1) is 51.3 Å². The van der Waals surface area contributed by atoms with Crippen molar-refractivity contribution >= 4 is 0 Å². The Balaban J connectivity index is 0.830. The summed E-state index contributed by atoms with van der Waals surface area (Å²) < 4.78 is 74.8. The van der Waals surface area contributed by atoms with E-state index in [-0.39, 0.29) is 22.9 Å². The van der Waals surface area contributed by atoms with E-state index in [9.17, 15) is 66.4 Å².